The van der Waals surface area contributed by atoms with Crippen molar-refractivity contribution in [2.24, 2.45) is 0 Å². The van der Waals surface area contributed by atoms with Crippen LogP contribution in [0.15, 0.2) is 30.3 Å². The summed E-state index contributed by atoms with van der Waals surface area (Å²) in [7, 11) is 0. The number of rotatable bonds is 5. The average molecular weight is 318 g/mol. The average Bonchev–Trinajstić information content (AvgIpc) is 3.01. The minimum atomic E-state index is -0.643. The lowest BCUT2D eigenvalue weighted by molar-refractivity contribution is -0.155. The first-order valence-corrected chi connectivity index (χ1v) is 7.77. The van der Waals surface area contributed by atoms with Crippen molar-refractivity contribution >= 4 is 17.8 Å². The maximum absolute atomic E-state index is 12.4. The zero-order chi connectivity index (χ0) is 16.8. The van der Waals surface area contributed by atoms with Gasteiger partial charge in [-0.3, -0.25) is 9.59 Å². The molecule has 1 aliphatic rings. The number of nitrogens with one attached hydrogen (secondary N) is 1. The molecule has 0 spiro atoms. The molecule has 0 aliphatic carbocycles. The molecule has 0 saturated carbocycles. The Balaban J connectivity index is 1.93. The van der Waals surface area contributed by atoms with Crippen molar-refractivity contribution in [2.45, 2.75) is 45.4 Å². The van der Waals surface area contributed by atoms with Crippen LogP contribution in [0.4, 0.5) is 0 Å². The Kier molecular flexibility index (Phi) is 5.73. The Bertz CT molecular complexity index is 573. The van der Waals surface area contributed by atoms with E-state index in [4.69, 9.17) is 4.74 Å². The largest absolute Gasteiger partial charge is 0.459 e. The molecule has 1 saturated heterocycles. The number of carbonyl (C=O) groups excluding carboxylic acids is 3. The summed E-state index contributed by atoms with van der Waals surface area (Å²) >= 11 is 0. The van der Waals surface area contributed by atoms with Gasteiger partial charge >= 0.3 is 5.97 Å². The molecule has 1 heterocycles. The third-order valence-electron chi connectivity index (χ3n) is 3.82. The van der Waals surface area contributed by atoms with E-state index in [0.29, 0.717) is 13.0 Å². The Morgan fingerprint density at radius 3 is 2.65 bits per heavy atom. The van der Waals surface area contributed by atoms with Crippen LogP contribution < -0.4 is 5.32 Å². The van der Waals surface area contributed by atoms with Crippen LogP contribution in [0, 0.1) is 0 Å². The molecule has 1 unspecified atom stereocenters. The van der Waals surface area contributed by atoms with E-state index in [1.807, 2.05) is 30.3 Å². The quantitative estimate of drug-likeness (QED) is 0.829. The lowest BCUT2D eigenvalue weighted by Gasteiger charge is -2.26. The Morgan fingerprint density at radius 2 is 2.00 bits per heavy atom. The van der Waals surface area contributed by atoms with Crippen LogP contribution in [-0.4, -0.2) is 41.3 Å². The number of benzene rings is 1. The van der Waals surface area contributed by atoms with Crippen molar-refractivity contribution in [2.75, 3.05) is 6.54 Å². The van der Waals surface area contributed by atoms with E-state index < -0.39 is 18.1 Å². The first-order valence-electron chi connectivity index (χ1n) is 7.77. The fourth-order valence-electron chi connectivity index (χ4n) is 2.72. The second-order valence-electron chi connectivity index (χ2n) is 5.71. The molecule has 1 N–H and O–H groups in total. The molecule has 124 valence electrons. The summed E-state index contributed by atoms with van der Waals surface area (Å²) in [4.78, 5) is 37.2. The van der Waals surface area contributed by atoms with Gasteiger partial charge in [0.1, 0.15) is 18.7 Å². The Labute approximate surface area is 135 Å². The van der Waals surface area contributed by atoms with Crippen LogP contribution in [0.1, 0.15) is 32.3 Å². The maximum atomic E-state index is 12.4. The molecule has 6 nitrogen and oxygen atoms in total. The highest BCUT2D eigenvalue weighted by atomic mass is 16.5. The standard InChI is InChI=1S/C17H22N2O4/c1-12(18-13(2)20)16(21)19-10-6-9-15(19)17(22)23-11-14-7-4-3-5-8-14/h3-5,7-8,12,15H,6,9-11H2,1-2H3,(H,18,20)/t12-,15?/m0/s1. The summed E-state index contributed by atoms with van der Waals surface area (Å²) in [5.74, 6) is -0.914. The van der Waals surface area contributed by atoms with Gasteiger partial charge in [-0.2, -0.15) is 0 Å². The van der Waals surface area contributed by atoms with Crippen LogP contribution in [-0.2, 0) is 25.7 Å². The van der Waals surface area contributed by atoms with E-state index in [1.54, 1.807) is 6.92 Å². The van der Waals surface area contributed by atoms with E-state index in [1.165, 1.54) is 11.8 Å². The van der Waals surface area contributed by atoms with Crippen LogP contribution in [0.5, 0.6) is 0 Å². The van der Waals surface area contributed by atoms with Crippen molar-refractivity contribution in [1.82, 2.24) is 10.2 Å². The number of amides is 2. The Morgan fingerprint density at radius 1 is 1.30 bits per heavy atom. The van der Waals surface area contributed by atoms with Gasteiger partial charge in [-0.25, -0.2) is 4.79 Å². The topological polar surface area (TPSA) is 75.7 Å². The summed E-state index contributed by atoms with van der Waals surface area (Å²) in [5, 5.41) is 2.55. The number of ether oxygens (including phenoxy) is 1. The van der Waals surface area contributed by atoms with Gasteiger partial charge in [0, 0.05) is 13.5 Å². The number of hydrogen-bond donors (Lipinski definition) is 1. The number of hydrogen-bond acceptors (Lipinski definition) is 4. The van der Waals surface area contributed by atoms with Crippen molar-refractivity contribution in [3.63, 3.8) is 0 Å². The summed E-state index contributed by atoms with van der Waals surface area (Å²) < 4.78 is 5.33. The molecular formula is C17H22N2O4. The van der Waals surface area contributed by atoms with E-state index in [9.17, 15) is 14.4 Å². The van der Waals surface area contributed by atoms with Gasteiger partial charge in [-0.15, -0.1) is 0 Å². The fourth-order valence-corrected chi connectivity index (χ4v) is 2.72. The molecule has 23 heavy (non-hydrogen) atoms. The number of nitrogens with zero attached hydrogens (tertiary/aromatic N) is 1. The van der Waals surface area contributed by atoms with Crippen LogP contribution in [0.3, 0.4) is 0 Å². The van der Waals surface area contributed by atoms with E-state index in [2.05, 4.69) is 5.32 Å². The zero-order valence-electron chi connectivity index (χ0n) is 13.5. The molecule has 2 atom stereocenters. The van der Waals surface area contributed by atoms with Crippen molar-refractivity contribution in [3.8, 4) is 0 Å². The first kappa shape index (κ1) is 17.0. The first-order chi connectivity index (χ1) is 11.0. The number of esters is 1. The number of likely N-dealkylation sites (tertiary alicyclic amines) is 1. The monoisotopic (exact) mass is 318 g/mol. The molecule has 6 heteroatoms. The molecule has 2 rings (SSSR count). The molecule has 0 aromatic heterocycles. The van der Waals surface area contributed by atoms with Crippen molar-refractivity contribution < 1.29 is 19.1 Å². The minimum Gasteiger partial charge on any atom is -0.459 e. The molecule has 0 radical (unpaired) electrons. The van der Waals surface area contributed by atoms with Crippen molar-refractivity contribution in [3.05, 3.63) is 35.9 Å². The van der Waals surface area contributed by atoms with E-state index >= 15 is 0 Å². The van der Waals surface area contributed by atoms with Crippen LogP contribution in [0.25, 0.3) is 0 Å². The normalized spacial score (nSPS) is 18.3. The van der Waals surface area contributed by atoms with Gasteiger partial charge in [0.25, 0.3) is 0 Å². The molecule has 1 aromatic carbocycles. The summed E-state index contributed by atoms with van der Waals surface area (Å²) in [6.07, 6.45) is 1.34. The second-order valence-corrected chi connectivity index (χ2v) is 5.71. The van der Waals surface area contributed by atoms with E-state index in [0.717, 1.165) is 12.0 Å². The highest BCUT2D eigenvalue weighted by Gasteiger charge is 2.37. The van der Waals surface area contributed by atoms with Crippen molar-refractivity contribution in [1.29, 1.82) is 0 Å². The SMILES string of the molecule is CC(=O)N[C@@H](C)C(=O)N1CCCC1C(=O)OCc1ccccc1. The van der Waals surface area contributed by atoms with Gasteiger partial charge in [-0.05, 0) is 25.3 Å². The van der Waals surface area contributed by atoms with Gasteiger partial charge in [0.15, 0.2) is 0 Å². The fraction of sp³-hybridized carbons (Fsp3) is 0.471. The summed E-state index contributed by atoms with van der Waals surface area (Å²) in [6, 6.07) is 8.20. The lowest BCUT2D eigenvalue weighted by Crippen LogP contribution is -2.50. The van der Waals surface area contributed by atoms with Gasteiger partial charge in [0.05, 0.1) is 0 Å². The minimum absolute atomic E-state index is 0.194. The maximum Gasteiger partial charge on any atom is 0.329 e. The third kappa shape index (κ3) is 4.55. The van der Waals surface area contributed by atoms with Crippen LogP contribution >= 0.6 is 0 Å². The van der Waals surface area contributed by atoms with E-state index in [-0.39, 0.29) is 18.4 Å². The molecule has 2 amide bonds. The second kappa shape index (κ2) is 7.76. The number of carbonyl (C=O) groups is 3. The lowest BCUT2D eigenvalue weighted by atomic mass is 10.2. The van der Waals surface area contributed by atoms with Crippen LogP contribution in [0.2, 0.25) is 0 Å². The van der Waals surface area contributed by atoms with Gasteiger partial charge in [-0.1, -0.05) is 30.3 Å². The molecule has 1 aliphatic heterocycles. The highest BCUT2D eigenvalue weighted by molar-refractivity contribution is 5.90. The highest BCUT2D eigenvalue weighted by Crippen LogP contribution is 2.20. The predicted molar refractivity (Wildman–Crippen MR) is 84.3 cm³/mol. The summed E-state index contributed by atoms with van der Waals surface area (Å²) in [6.45, 7) is 3.68. The van der Waals surface area contributed by atoms with Gasteiger partial charge < -0.3 is 15.0 Å². The Hall–Kier alpha value is -2.37. The molecule has 1 aromatic rings. The zero-order valence-corrected chi connectivity index (χ0v) is 13.5. The molecule has 0 bridgehead atoms. The predicted octanol–water partition coefficient (Wildman–Crippen LogP) is 1.25. The molecular weight excluding hydrogens is 296 g/mol. The summed E-state index contributed by atoms with van der Waals surface area (Å²) in [5.41, 5.74) is 0.906. The smallest absolute Gasteiger partial charge is 0.329 e. The van der Waals surface area contributed by atoms with Gasteiger partial charge in [0.2, 0.25) is 11.8 Å². The molecule has 1 fully saturated rings. The third-order valence-corrected chi connectivity index (χ3v) is 3.82.